The van der Waals surface area contributed by atoms with Gasteiger partial charge in [-0.2, -0.15) is 0 Å². The number of carbonyl (C=O) groups is 1. The SMILES string of the molecule is Cc1ccc(CNC(=O)N2CCC(OCCOc3ccccc3)CC2)cc1. The van der Waals surface area contributed by atoms with Crippen molar-refractivity contribution in [3.05, 3.63) is 65.7 Å². The predicted octanol–water partition coefficient (Wildman–Crippen LogP) is 3.76. The Bertz CT molecular complexity index is 695. The van der Waals surface area contributed by atoms with Crippen LogP contribution in [0.1, 0.15) is 24.0 Å². The minimum atomic E-state index is 0.00133. The maximum absolute atomic E-state index is 12.3. The number of amides is 2. The molecule has 1 aliphatic rings. The molecule has 0 saturated carbocycles. The van der Waals surface area contributed by atoms with Gasteiger partial charge in [0.15, 0.2) is 0 Å². The van der Waals surface area contributed by atoms with E-state index < -0.39 is 0 Å². The highest BCUT2D eigenvalue weighted by molar-refractivity contribution is 5.74. The Kier molecular flexibility index (Phi) is 7.11. The summed E-state index contributed by atoms with van der Waals surface area (Å²) in [6.07, 6.45) is 1.93. The Hall–Kier alpha value is -2.53. The molecule has 0 radical (unpaired) electrons. The Morgan fingerprint density at radius 2 is 1.74 bits per heavy atom. The van der Waals surface area contributed by atoms with Crippen molar-refractivity contribution >= 4 is 6.03 Å². The molecule has 1 heterocycles. The lowest BCUT2D eigenvalue weighted by atomic mass is 10.1. The monoisotopic (exact) mass is 368 g/mol. The van der Waals surface area contributed by atoms with Crippen LogP contribution >= 0.6 is 0 Å². The molecule has 0 aliphatic carbocycles. The highest BCUT2D eigenvalue weighted by atomic mass is 16.5. The molecule has 2 amide bonds. The molecule has 1 fully saturated rings. The number of rotatable bonds is 7. The van der Waals surface area contributed by atoms with Gasteiger partial charge >= 0.3 is 6.03 Å². The number of hydrogen-bond donors (Lipinski definition) is 1. The van der Waals surface area contributed by atoms with Gasteiger partial charge in [0.25, 0.3) is 0 Å². The molecule has 144 valence electrons. The zero-order valence-electron chi connectivity index (χ0n) is 15.9. The number of piperidine rings is 1. The summed E-state index contributed by atoms with van der Waals surface area (Å²) in [6, 6.07) is 18.0. The van der Waals surface area contributed by atoms with Gasteiger partial charge < -0.3 is 19.7 Å². The van der Waals surface area contributed by atoms with Gasteiger partial charge in [0.2, 0.25) is 0 Å². The zero-order valence-corrected chi connectivity index (χ0v) is 15.9. The fourth-order valence-electron chi connectivity index (χ4n) is 3.11. The number of ether oxygens (including phenoxy) is 2. The number of benzene rings is 2. The summed E-state index contributed by atoms with van der Waals surface area (Å²) in [5.41, 5.74) is 2.34. The summed E-state index contributed by atoms with van der Waals surface area (Å²) < 4.78 is 11.5. The van der Waals surface area contributed by atoms with Gasteiger partial charge in [-0.25, -0.2) is 4.79 Å². The first-order chi connectivity index (χ1) is 13.2. The van der Waals surface area contributed by atoms with Gasteiger partial charge in [-0.1, -0.05) is 48.0 Å². The van der Waals surface area contributed by atoms with Crippen molar-refractivity contribution in [3.63, 3.8) is 0 Å². The van der Waals surface area contributed by atoms with Gasteiger partial charge in [0.1, 0.15) is 12.4 Å². The lowest BCUT2D eigenvalue weighted by Gasteiger charge is -2.32. The lowest BCUT2D eigenvalue weighted by molar-refractivity contribution is 0.00186. The molecule has 27 heavy (non-hydrogen) atoms. The van der Waals surface area contributed by atoms with Crippen LogP contribution in [0.3, 0.4) is 0 Å². The van der Waals surface area contributed by atoms with Crippen molar-refractivity contribution in [1.29, 1.82) is 0 Å². The molecular formula is C22H28N2O3. The molecule has 3 rings (SSSR count). The molecule has 5 nitrogen and oxygen atoms in total. The third-order valence-corrected chi connectivity index (χ3v) is 4.74. The summed E-state index contributed by atoms with van der Waals surface area (Å²) in [4.78, 5) is 14.2. The number of likely N-dealkylation sites (tertiary alicyclic amines) is 1. The highest BCUT2D eigenvalue weighted by Gasteiger charge is 2.22. The van der Waals surface area contributed by atoms with Crippen LogP contribution in [0.15, 0.2) is 54.6 Å². The van der Waals surface area contributed by atoms with Crippen LogP contribution in [0, 0.1) is 6.92 Å². The number of urea groups is 1. The summed E-state index contributed by atoms with van der Waals surface area (Å²) in [6.45, 7) is 5.18. The van der Waals surface area contributed by atoms with E-state index in [1.165, 1.54) is 5.56 Å². The van der Waals surface area contributed by atoms with Crippen LogP contribution in [0.2, 0.25) is 0 Å². The fraction of sp³-hybridized carbons (Fsp3) is 0.409. The van der Waals surface area contributed by atoms with Crippen molar-refractivity contribution in [3.8, 4) is 5.75 Å². The molecule has 1 N–H and O–H groups in total. The van der Waals surface area contributed by atoms with Crippen LogP contribution < -0.4 is 10.1 Å². The average Bonchev–Trinajstić information content (AvgIpc) is 2.72. The van der Waals surface area contributed by atoms with E-state index >= 15 is 0 Å². The van der Waals surface area contributed by atoms with E-state index in [1.54, 1.807) is 0 Å². The molecule has 0 spiro atoms. The van der Waals surface area contributed by atoms with Crippen molar-refractivity contribution in [2.75, 3.05) is 26.3 Å². The summed E-state index contributed by atoms with van der Waals surface area (Å²) >= 11 is 0. The molecule has 0 unspecified atom stereocenters. The Labute approximate surface area is 161 Å². The Morgan fingerprint density at radius 3 is 2.44 bits per heavy atom. The third-order valence-electron chi connectivity index (χ3n) is 4.74. The van der Waals surface area contributed by atoms with Crippen molar-refractivity contribution in [2.24, 2.45) is 0 Å². The minimum Gasteiger partial charge on any atom is -0.491 e. The maximum atomic E-state index is 12.3. The number of para-hydroxylation sites is 1. The minimum absolute atomic E-state index is 0.00133. The first-order valence-electron chi connectivity index (χ1n) is 9.58. The number of hydrogen-bond acceptors (Lipinski definition) is 3. The van der Waals surface area contributed by atoms with Crippen molar-refractivity contribution in [2.45, 2.75) is 32.4 Å². The van der Waals surface area contributed by atoms with Crippen LogP contribution in [-0.2, 0) is 11.3 Å². The molecule has 1 saturated heterocycles. The van der Waals surface area contributed by atoms with Gasteiger partial charge in [0.05, 0.1) is 12.7 Å². The number of aryl methyl sites for hydroxylation is 1. The third kappa shape index (κ3) is 6.29. The van der Waals surface area contributed by atoms with Crippen LogP contribution in [0.25, 0.3) is 0 Å². The molecule has 5 heteroatoms. The molecule has 2 aromatic rings. The summed E-state index contributed by atoms with van der Waals surface area (Å²) in [5, 5.41) is 3.00. The first kappa shape index (κ1) is 19.2. The van der Waals surface area contributed by atoms with Gasteiger partial charge in [-0.05, 0) is 37.5 Å². The van der Waals surface area contributed by atoms with Gasteiger partial charge in [0, 0.05) is 19.6 Å². The predicted molar refractivity (Wildman–Crippen MR) is 106 cm³/mol. The second-order valence-electron chi connectivity index (χ2n) is 6.86. The maximum Gasteiger partial charge on any atom is 0.317 e. The smallest absolute Gasteiger partial charge is 0.317 e. The first-order valence-corrected chi connectivity index (χ1v) is 9.58. The van der Waals surface area contributed by atoms with Gasteiger partial charge in [-0.15, -0.1) is 0 Å². The van der Waals surface area contributed by atoms with E-state index in [1.807, 2.05) is 47.4 Å². The van der Waals surface area contributed by atoms with E-state index in [2.05, 4.69) is 24.4 Å². The van der Waals surface area contributed by atoms with E-state index in [9.17, 15) is 4.79 Å². The topological polar surface area (TPSA) is 50.8 Å². The van der Waals surface area contributed by atoms with Crippen LogP contribution in [0.4, 0.5) is 4.79 Å². The van der Waals surface area contributed by atoms with E-state index in [0.29, 0.717) is 19.8 Å². The second kappa shape index (κ2) is 9.97. The van der Waals surface area contributed by atoms with Gasteiger partial charge in [-0.3, -0.25) is 0 Å². The van der Waals surface area contributed by atoms with E-state index in [0.717, 1.165) is 37.2 Å². The normalized spacial score (nSPS) is 14.8. The second-order valence-corrected chi connectivity index (χ2v) is 6.86. The molecular weight excluding hydrogens is 340 g/mol. The molecule has 1 aliphatic heterocycles. The number of nitrogens with zero attached hydrogens (tertiary/aromatic N) is 1. The van der Waals surface area contributed by atoms with Crippen molar-refractivity contribution in [1.82, 2.24) is 10.2 Å². The highest BCUT2D eigenvalue weighted by Crippen LogP contribution is 2.14. The summed E-state index contributed by atoms with van der Waals surface area (Å²) in [5.74, 6) is 0.862. The molecule has 0 aromatic heterocycles. The molecule has 0 atom stereocenters. The zero-order chi connectivity index (χ0) is 18.9. The number of nitrogens with one attached hydrogen (secondary N) is 1. The summed E-state index contributed by atoms with van der Waals surface area (Å²) in [7, 11) is 0. The average molecular weight is 368 g/mol. The largest absolute Gasteiger partial charge is 0.491 e. The lowest BCUT2D eigenvalue weighted by Crippen LogP contribution is -2.45. The Balaban J connectivity index is 1.30. The van der Waals surface area contributed by atoms with E-state index in [4.69, 9.17) is 9.47 Å². The molecule has 2 aromatic carbocycles. The van der Waals surface area contributed by atoms with Crippen molar-refractivity contribution < 1.29 is 14.3 Å². The Morgan fingerprint density at radius 1 is 1.04 bits per heavy atom. The number of carbonyl (C=O) groups excluding carboxylic acids is 1. The van der Waals surface area contributed by atoms with Crippen LogP contribution in [-0.4, -0.2) is 43.3 Å². The van der Waals surface area contributed by atoms with Crippen LogP contribution in [0.5, 0.6) is 5.75 Å². The molecule has 0 bridgehead atoms. The quantitative estimate of drug-likeness (QED) is 0.757. The fourth-order valence-corrected chi connectivity index (χ4v) is 3.11. The standard InChI is InChI=1S/C22H28N2O3/c1-18-7-9-19(10-8-18)17-23-22(25)24-13-11-21(12-14-24)27-16-15-26-20-5-3-2-4-6-20/h2-10,21H,11-17H2,1H3,(H,23,25). The van der Waals surface area contributed by atoms with E-state index in [-0.39, 0.29) is 12.1 Å².